The Labute approximate surface area is 677 Å². The number of aromatic nitrogens is 15. The summed E-state index contributed by atoms with van der Waals surface area (Å²) in [6, 6.07) is 27.7. The highest BCUT2D eigenvalue weighted by Crippen LogP contribution is 2.45. The van der Waals surface area contributed by atoms with Crippen molar-refractivity contribution in [1.82, 2.24) is 94.4 Å². The van der Waals surface area contributed by atoms with E-state index in [2.05, 4.69) is 96.0 Å². The summed E-state index contributed by atoms with van der Waals surface area (Å²) in [7, 11) is 0. The molecule has 4 amide bonds. The lowest BCUT2D eigenvalue weighted by Crippen LogP contribution is -2.48. The molecule has 4 N–H and O–H groups in total. The Morgan fingerprint density at radius 1 is 0.339 bits per heavy atom. The molecule has 4 aliphatic heterocycles. The van der Waals surface area contributed by atoms with Crippen molar-refractivity contribution in [1.29, 1.82) is 0 Å². The lowest BCUT2D eigenvalue weighted by atomic mass is 10.0. The summed E-state index contributed by atoms with van der Waals surface area (Å²) in [6.07, 6.45) is 33.4. The number of rotatable bonds is 16. The number of anilines is 4. The standard InChI is InChI=1S/2C22H21FN6O.C22H22N6O.C21H20FN5O2/c1-13-10-27-19(11-26-13)28-17-8-14-9-18(17)29(12-14)22(30)20-15(4-2-5-16(20)23)21-24-6-3-7-25-21;1-13-8-25-20(11-24-13)28-18-6-14-7-19(18)29(12-14)22(30)17-5-3-2-4-16(17)21-26-9-15(23)10-27-21;1-14-11-26-20(12-25-14)27-18-9-15-10-19(18)28(13-15)22(29)17-6-3-2-5-16(17)21-23-7-4-8-24-21;1-12-9-25-19(10-24-12)26-17-6-13-7-18(17)27(11-13)21(28)16-8-14(22)2-3-15(16)20-23-4-5-29-20/h2-7,10-11,14,17-18H,8-9,12H2,1H3,(H,27,28);2-5,8-11,14,18-19H,6-7,12H2,1H3,(H,25,28);2-8,11-12,15,18-19H,9-10,13H2,1H3,(H,26,27);2-5,8-10,13,17-18H,6-7,11H2,1H3,(H,25,26). The van der Waals surface area contributed by atoms with Crippen LogP contribution >= 0.6 is 0 Å². The summed E-state index contributed by atoms with van der Waals surface area (Å²) in [6.45, 7) is 10.4. The van der Waals surface area contributed by atoms with E-state index in [-0.39, 0.29) is 83.1 Å². The zero-order valence-electron chi connectivity index (χ0n) is 65.1. The van der Waals surface area contributed by atoms with Gasteiger partial charge in [-0.3, -0.25) is 39.1 Å². The van der Waals surface area contributed by atoms with Crippen LogP contribution in [0.1, 0.15) is 116 Å². The van der Waals surface area contributed by atoms with Gasteiger partial charge in [-0.25, -0.2) is 68.0 Å². The number of nitrogens with zero attached hydrogens (tertiary/aromatic N) is 19. The van der Waals surface area contributed by atoms with Crippen molar-refractivity contribution in [3.63, 3.8) is 0 Å². The van der Waals surface area contributed by atoms with Crippen LogP contribution in [-0.2, 0) is 0 Å². The maximum atomic E-state index is 14.8. The molecule has 8 bridgehead atoms. The second-order valence-electron chi connectivity index (χ2n) is 31.3. The topological polar surface area (TPSA) is 336 Å². The van der Waals surface area contributed by atoms with Gasteiger partial charge in [0.1, 0.15) is 41.2 Å². The van der Waals surface area contributed by atoms with E-state index in [9.17, 15) is 32.3 Å². The van der Waals surface area contributed by atoms with E-state index >= 15 is 0 Å². The first-order chi connectivity index (χ1) is 57.4. The number of carbonyl (C=O) groups is 4. The molecule has 12 aromatic rings. The van der Waals surface area contributed by atoms with Gasteiger partial charge in [0.25, 0.3) is 23.6 Å². The van der Waals surface area contributed by atoms with Crippen LogP contribution in [-0.4, -0.2) is 193 Å². The average Bonchev–Trinajstić information content (AvgIpc) is 1.61. The van der Waals surface area contributed by atoms with Crippen LogP contribution in [0.25, 0.3) is 45.6 Å². The summed E-state index contributed by atoms with van der Waals surface area (Å²) < 4.78 is 47.4. The predicted octanol–water partition coefficient (Wildman–Crippen LogP) is 12.4. The predicted molar refractivity (Wildman–Crippen MR) is 431 cm³/mol. The Kier molecular flexibility index (Phi) is 22.1. The molecule has 598 valence electrons. The SMILES string of the molecule is Cc1cnc(NC2CC3CC2N(C(=O)c2c(F)cccc2-c2ncccn2)C3)cn1.Cc1cnc(NC2CC3CC2N(C(=O)c2cc(F)ccc2-c2ncco2)C3)cn1.Cc1cnc(NC2CC3CC2N(C(=O)c2ccccc2-c2ncc(F)cn2)C3)cn1.Cc1cnc(NC2CC3CC2N(C(=O)c2ccccc2-c2ncccn2)C3)cn1. The summed E-state index contributed by atoms with van der Waals surface area (Å²) in [5, 5.41) is 13.8. The van der Waals surface area contributed by atoms with Crippen LogP contribution in [0.3, 0.4) is 0 Å². The van der Waals surface area contributed by atoms with E-state index in [0.29, 0.717) is 99.6 Å². The molecule has 118 heavy (non-hydrogen) atoms. The largest absolute Gasteiger partial charge is 0.445 e. The number of nitrogens with one attached hydrogen (secondary N) is 4. The Morgan fingerprint density at radius 2 is 0.712 bits per heavy atom. The molecule has 28 nitrogen and oxygen atoms in total. The lowest BCUT2D eigenvalue weighted by Gasteiger charge is -2.34. The van der Waals surface area contributed by atoms with Gasteiger partial charge in [-0.15, -0.1) is 0 Å². The minimum Gasteiger partial charge on any atom is -0.445 e. The lowest BCUT2D eigenvalue weighted by molar-refractivity contribution is 0.0681. The van der Waals surface area contributed by atoms with E-state index in [4.69, 9.17) is 4.42 Å². The van der Waals surface area contributed by atoms with Gasteiger partial charge in [-0.05, 0) is 151 Å². The second-order valence-corrected chi connectivity index (χ2v) is 31.3. The van der Waals surface area contributed by atoms with E-state index in [1.54, 1.807) is 122 Å². The highest BCUT2D eigenvalue weighted by molar-refractivity contribution is 6.03. The van der Waals surface area contributed by atoms with Crippen LogP contribution in [0.4, 0.5) is 36.4 Å². The van der Waals surface area contributed by atoms with Gasteiger partial charge in [-0.2, -0.15) is 0 Å². The Bertz CT molecular complexity index is 5580. The summed E-state index contributed by atoms with van der Waals surface area (Å²) in [4.78, 5) is 125. The molecule has 0 radical (unpaired) electrons. The molecule has 8 aliphatic rings. The summed E-state index contributed by atoms with van der Waals surface area (Å²) in [5.74, 6) is 4.18. The summed E-state index contributed by atoms with van der Waals surface area (Å²) >= 11 is 0. The van der Waals surface area contributed by atoms with Crippen molar-refractivity contribution >= 4 is 46.9 Å². The first-order valence-corrected chi connectivity index (χ1v) is 39.6. The van der Waals surface area contributed by atoms with Crippen LogP contribution in [0.2, 0.25) is 0 Å². The van der Waals surface area contributed by atoms with Gasteiger partial charge in [0, 0.05) is 91.8 Å². The molecule has 12 unspecified atom stereocenters. The quantitative estimate of drug-likeness (QED) is 0.0698. The maximum Gasteiger partial charge on any atom is 0.257 e. The van der Waals surface area contributed by atoms with Crippen molar-refractivity contribution in [2.75, 3.05) is 47.4 Å². The first kappa shape index (κ1) is 77.1. The molecule has 8 fully saturated rings. The number of benzene rings is 4. The number of halogens is 3. The number of fused-ring (bicyclic) bond motifs is 8. The molecule has 31 heteroatoms. The third-order valence-electron chi connectivity index (χ3n) is 23.3. The molecule has 0 spiro atoms. The fourth-order valence-corrected chi connectivity index (χ4v) is 18.1. The van der Waals surface area contributed by atoms with Crippen molar-refractivity contribution in [2.45, 2.75) is 127 Å². The minimum absolute atomic E-state index is 0.0187. The van der Waals surface area contributed by atoms with Crippen LogP contribution < -0.4 is 21.3 Å². The molecular weight excluding hydrogens is 1500 g/mol. The van der Waals surface area contributed by atoms with Gasteiger partial charge in [-0.1, -0.05) is 48.5 Å². The van der Waals surface area contributed by atoms with Crippen molar-refractivity contribution in [3.8, 4) is 45.6 Å². The van der Waals surface area contributed by atoms with E-state index in [1.807, 2.05) is 78.8 Å². The highest BCUT2D eigenvalue weighted by atomic mass is 19.1. The smallest absolute Gasteiger partial charge is 0.257 e. The van der Waals surface area contributed by atoms with E-state index < -0.39 is 17.5 Å². The zero-order chi connectivity index (χ0) is 81.1. The fraction of sp³-hybridized carbons (Fsp3) is 0.322. The third kappa shape index (κ3) is 16.6. The molecule has 4 aromatic carbocycles. The van der Waals surface area contributed by atoms with E-state index in [1.165, 1.54) is 30.7 Å². The van der Waals surface area contributed by atoms with Gasteiger partial charge >= 0.3 is 0 Å². The van der Waals surface area contributed by atoms with E-state index in [0.717, 1.165) is 117 Å². The second kappa shape index (κ2) is 33.8. The molecule has 8 aromatic heterocycles. The highest BCUT2D eigenvalue weighted by Gasteiger charge is 2.52. The summed E-state index contributed by atoms with van der Waals surface area (Å²) in [5.41, 5.74) is 7.24. The molecule has 12 atom stereocenters. The normalized spacial score (nSPS) is 22.5. The number of oxazole rings is 1. The van der Waals surface area contributed by atoms with Crippen molar-refractivity contribution in [2.24, 2.45) is 23.7 Å². The molecule has 12 heterocycles. The van der Waals surface area contributed by atoms with Crippen molar-refractivity contribution in [3.05, 3.63) is 259 Å². The molecule has 4 saturated heterocycles. The Hall–Kier alpha value is -13.5. The minimum atomic E-state index is -0.554. The fourth-order valence-electron chi connectivity index (χ4n) is 18.1. The molecular formula is C87H84F3N23O5. The molecule has 4 aliphatic carbocycles. The monoisotopic (exact) mass is 1590 g/mol. The van der Waals surface area contributed by atoms with Gasteiger partial charge in [0.15, 0.2) is 23.3 Å². The zero-order valence-corrected chi connectivity index (χ0v) is 65.1. The Balaban J connectivity index is 0.000000113. The average molecular weight is 1590 g/mol. The van der Waals surface area contributed by atoms with Gasteiger partial charge < -0.3 is 45.3 Å². The number of hydrogen-bond donors (Lipinski definition) is 4. The number of likely N-dealkylation sites (tertiary alicyclic amines) is 4. The molecule has 20 rings (SSSR count). The first-order valence-electron chi connectivity index (χ1n) is 39.6. The van der Waals surface area contributed by atoms with Gasteiger partial charge in [0.05, 0.1) is 143 Å². The maximum absolute atomic E-state index is 14.8. The third-order valence-corrected chi connectivity index (χ3v) is 23.3. The van der Waals surface area contributed by atoms with Crippen LogP contribution in [0.5, 0.6) is 0 Å². The molecule has 4 saturated carbocycles. The number of carbonyl (C=O) groups excluding carboxylic acids is 4. The number of amides is 4. The number of hydrogen-bond acceptors (Lipinski definition) is 24. The number of piperidine rings is 4. The Morgan fingerprint density at radius 3 is 1.09 bits per heavy atom. The van der Waals surface area contributed by atoms with Gasteiger partial charge in [0.2, 0.25) is 5.89 Å². The van der Waals surface area contributed by atoms with Crippen molar-refractivity contribution < 1.29 is 36.8 Å². The number of aryl methyl sites for hydroxylation is 4. The van der Waals surface area contributed by atoms with Crippen LogP contribution in [0, 0.1) is 68.8 Å². The van der Waals surface area contributed by atoms with Crippen LogP contribution in [0.15, 0.2) is 201 Å².